The van der Waals surface area contributed by atoms with Crippen LogP contribution in [-0.4, -0.2) is 30.6 Å². The van der Waals surface area contributed by atoms with Crippen molar-refractivity contribution in [3.05, 3.63) is 0 Å². The molecule has 2 heteroatoms. The fourth-order valence-electron chi connectivity index (χ4n) is 2.69. The minimum atomic E-state index is 0.527. The molecule has 0 amide bonds. The third kappa shape index (κ3) is 1.18. The monoisotopic (exact) mass is 154 g/mol. The van der Waals surface area contributed by atoms with Crippen LogP contribution in [0.3, 0.4) is 0 Å². The maximum absolute atomic E-state index is 5.76. The molecule has 11 heavy (non-hydrogen) atoms. The first-order valence-electron chi connectivity index (χ1n) is 4.72. The van der Waals surface area contributed by atoms with Crippen LogP contribution in [0, 0.1) is 5.41 Å². The summed E-state index contributed by atoms with van der Waals surface area (Å²) in [6.45, 7) is 6.19. The zero-order chi connectivity index (χ0) is 7.90. The lowest BCUT2D eigenvalue weighted by atomic mass is 9.61. The summed E-state index contributed by atoms with van der Waals surface area (Å²) in [5.74, 6) is 0. The van der Waals surface area contributed by atoms with E-state index in [1.54, 1.807) is 0 Å². The zero-order valence-electron chi connectivity index (χ0n) is 7.34. The van der Waals surface area contributed by atoms with Crippen molar-refractivity contribution in [3.63, 3.8) is 0 Å². The Morgan fingerprint density at radius 2 is 2.09 bits per heavy atom. The molecule has 1 aliphatic heterocycles. The molecule has 64 valence electrons. The van der Waals surface area contributed by atoms with Gasteiger partial charge in [-0.3, -0.25) is 0 Å². The lowest BCUT2D eigenvalue weighted by molar-refractivity contribution is -0.0702. The highest BCUT2D eigenvalue weighted by Crippen LogP contribution is 2.47. The Morgan fingerprint density at radius 3 is 2.55 bits per heavy atom. The number of rotatable bonds is 2. The molecule has 1 spiro atoms. The summed E-state index contributed by atoms with van der Waals surface area (Å²) in [6, 6.07) is 0.527. The van der Waals surface area contributed by atoms with Crippen molar-refractivity contribution in [1.29, 1.82) is 0 Å². The number of likely N-dealkylation sites (tertiary alicyclic amines) is 1. The predicted molar refractivity (Wildman–Crippen MR) is 46.4 cm³/mol. The molecule has 1 aliphatic carbocycles. The van der Waals surface area contributed by atoms with Gasteiger partial charge in [0, 0.05) is 19.1 Å². The van der Waals surface area contributed by atoms with Gasteiger partial charge in [-0.15, -0.1) is 0 Å². The first-order valence-corrected chi connectivity index (χ1v) is 4.72. The van der Waals surface area contributed by atoms with E-state index in [2.05, 4.69) is 11.8 Å². The Balaban J connectivity index is 1.72. The fourth-order valence-corrected chi connectivity index (χ4v) is 2.69. The van der Waals surface area contributed by atoms with E-state index < -0.39 is 0 Å². The van der Waals surface area contributed by atoms with Gasteiger partial charge in [-0.2, -0.15) is 0 Å². The Hall–Kier alpha value is -0.0800. The van der Waals surface area contributed by atoms with Gasteiger partial charge < -0.3 is 10.6 Å². The summed E-state index contributed by atoms with van der Waals surface area (Å²) in [5.41, 5.74) is 6.45. The summed E-state index contributed by atoms with van der Waals surface area (Å²) in [4.78, 5) is 2.55. The largest absolute Gasteiger partial charge is 0.328 e. The van der Waals surface area contributed by atoms with Crippen LogP contribution in [-0.2, 0) is 0 Å². The molecule has 2 fully saturated rings. The summed E-state index contributed by atoms with van der Waals surface area (Å²) in [6.07, 6.45) is 3.86. The molecule has 1 saturated heterocycles. The molecule has 0 radical (unpaired) electrons. The quantitative estimate of drug-likeness (QED) is 0.638. The smallest absolute Gasteiger partial charge is 0.00516 e. The Morgan fingerprint density at radius 1 is 1.45 bits per heavy atom. The maximum atomic E-state index is 5.76. The lowest BCUT2D eigenvalue weighted by Crippen LogP contribution is -2.65. The number of nitrogens with two attached hydrogens (primary N) is 1. The van der Waals surface area contributed by atoms with Gasteiger partial charge in [0.05, 0.1) is 0 Å². The highest BCUT2D eigenvalue weighted by atomic mass is 15.2. The van der Waals surface area contributed by atoms with Crippen LogP contribution in [0.1, 0.15) is 26.2 Å². The van der Waals surface area contributed by atoms with E-state index in [1.165, 1.54) is 38.9 Å². The molecule has 0 aromatic carbocycles. The van der Waals surface area contributed by atoms with Gasteiger partial charge >= 0.3 is 0 Å². The fraction of sp³-hybridized carbons (Fsp3) is 1.00. The average Bonchev–Trinajstić information content (AvgIpc) is 1.80. The molecular weight excluding hydrogens is 136 g/mol. The van der Waals surface area contributed by atoms with E-state index in [4.69, 9.17) is 5.73 Å². The van der Waals surface area contributed by atoms with Gasteiger partial charge in [0.2, 0.25) is 0 Å². The lowest BCUT2D eigenvalue weighted by Gasteiger charge is -2.58. The van der Waals surface area contributed by atoms with Crippen LogP contribution in [0.2, 0.25) is 0 Å². The third-order valence-electron chi connectivity index (χ3n) is 3.05. The third-order valence-corrected chi connectivity index (χ3v) is 3.05. The first-order chi connectivity index (χ1) is 5.24. The van der Waals surface area contributed by atoms with Crippen molar-refractivity contribution in [1.82, 2.24) is 4.90 Å². The molecule has 2 aliphatic rings. The minimum Gasteiger partial charge on any atom is -0.328 e. The second-order valence-electron chi connectivity index (χ2n) is 4.38. The molecule has 0 bridgehead atoms. The van der Waals surface area contributed by atoms with Gasteiger partial charge in [0.1, 0.15) is 0 Å². The Bertz CT molecular complexity index is 142. The molecule has 1 saturated carbocycles. The van der Waals surface area contributed by atoms with Crippen molar-refractivity contribution in [2.45, 2.75) is 32.2 Å². The van der Waals surface area contributed by atoms with Crippen molar-refractivity contribution in [2.75, 3.05) is 19.6 Å². The van der Waals surface area contributed by atoms with E-state index in [1.807, 2.05) is 0 Å². The molecular formula is C9H18N2. The van der Waals surface area contributed by atoms with Crippen molar-refractivity contribution >= 4 is 0 Å². The Kier molecular flexibility index (Phi) is 1.69. The minimum absolute atomic E-state index is 0.527. The number of hydrogen-bond donors (Lipinski definition) is 1. The zero-order valence-corrected chi connectivity index (χ0v) is 7.34. The van der Waals surface area contributed by atoms with Crippen LogP contribution < -0.4 is 5.73 Å². The number of nitrogens with zero attached hydrogens (tertiary/aromatic N) is 1. The second-order valence-corrected chi connectivity index (χ2v) is 4.38. The average molecular weight is 154 g/mol. The summed E-state index contributed by atoms with van der Waals surface area (Å²) in [5, 5.41) is 0. The highest BCUT2D eigenvalue weighted by Gasteiger charge is 2.50. The van der Waals surface area contributed by atoms with Crippen LogP contribution in [0.15, 0.2) is 0 Å². The molecule has 0 atom stereocenters. The van der Waals surface area contributed by atoms with E-state index in [-0.39, 0.29) is 0 Å². The van der Waals surface area contributed by atoms with E-state index in [0.29, 0.717) is 11.5 Å². The summed E-state index contributed by atoms with van der Waals surface area (Å²) in [7, 11) is 0. The van der Waals surface area contributed by atoms with E-state index in [9.17, 15) is 0 Å². The molecule has 0 unspecified atom stereocenters. The highest BCUT2D eigenvalue weighted by molar-refractivity contribution is 5.05. The normalized spacial score (nSPS) is 30.0. The molecule has 1 heterocycles. The van der Waals surface area contributed by atoms with Gasteiger partial charge in [0.25, 0.3) is 0 Å². The maximum Gasteiger partial charge on any atom is 0.00516 e. The van der Waals surface area contributed by atoms with Gasteiger partial charge in [0.15, 0.2) is 0 Å². The molecule has 0 aromatic heterocycles. The van der Waals surface area contributed by atoms with Crippen molar-refractivity contribution in [3.8, 4) is 0 Å². The topological polar surface area (TPSA) is 29.3 Å². The van der Waals surface area contributed by atoms with Crippen molar-refractivity contribution in [2.24, 2.45) is 11.1 Å². The standard InChI is InChI=1S/C9H18N2/c1-2-3-11-6-9(7-11)4-8(10)5-9/h8H,2-7,10H2,1H3. The SMILES string of the molecule is CCCN1CC2(CC(N)C2)C1. The van der Waals surface area contributed by atoms with Crippen LogP contribution >= 0.6 is 0 Å². The van der Waals surface area contributed by atoms with E-state index >= 15 is 0 Å². The van der Waals surface area contributed by atoms with Crippen LogP contribution in [0.5, 0.6) is 0 Å². The second kappa shape index (κ2) is 2.46. The molecule has 2 rings (SSSR count). The van der Waals surface area contributed by atoms with Gasteiger partial charge in [-0.05, 0) is 31.2 Å². The number of hydrogen-bond acceptors (Lipinski definition) is 2. The van der Waals surface area contributed by atoms with Gasteiger partial charge in [-0.1, -0.05) is 6.92 Å². The van der Waals surface area contributed by atoms with Gasteiger partial charge in [-0.25, -0.2) is 0 Å². The summed E-state index contributed by atoms with van der Waals surface area (Å²) >= 11 is 0. The molecule has 2 nitrogen and oxygen atoms in total. The van der Waals surface area contributed by atoms with Crippen molar-refractivity contribution < 1.29 is 0 Å². The summed E-state index contributed by atoms with van der Waals surface area (Å²) < 4.78 is 0. The Labute approximate surface area is 68.7 Å². The van der Waals surface area contributed by atoms with Crippen LogP contribution in [0.25, 0.3) is 0 Å². The predicted octanol–water partition coefficient (Wildman–Crippen LogP) is 0.820. The first kappa shape index (κ1) is 7.56. The van der Waals surface area contributed by atoms with E-state index in [0.717, 1.165) is 0 Å². The molecule has 0 aromatic rings. The van der Waals surface area contributed by atoms with Crippen LogP contribution in [0.4, 0.5) is 0 Å². The molecule has 2 N–H and O–H groups in total.